The second kappa shape index (κ2) is 4.23. The number of nitrogens with zero attached hydrogens (tertiary/aromatic N) is 1. The first-order valence-corrected chi connectivity index (χ1v) is 4.50. The summed E-state index contributed by atoms with van der Waals surface area (Å²) in [4.78, 5) is 23.9. The third-order valence-corrected chi connectivity index (χ3v) is 1.98. The van der Waals surface area contributed by atoms with Crippen LogP contribution in [0.25, 0.3) is 0 Å². The highest BCUT2D eigenvalue weighted by molar-refractivity contribution is 5.63. The molecule has 5 heteroatoms. The molecule has 0 spiro atoms. The Labute approximate surface area is 81.8 Å². The first-order chi connectivity index (χ1) is 6.63. The van der Waals surface area contributed by atoms with Gasteiger partial charge in [-0.05, 0) is 6.92 Å². The van der Waals surface area contributed by atoms with Gasteiger partial charge >= 0.3 is 0 Å². The van der Waals surface area contributed by atoms with Gasteiger partial charge in [-0.3, -0.25) is 9.59 Å². The topological polar surface area (TPSA) is 72.6 Å². The van der Waals surface area contributed by atoms with E-state index < -0.39 is 10.9 Å². The lowest BCUT2D eigenvalue weighted by atomic mass is 10.2. The third kappa shape index (κ3) is 1.63. The zero-order chi connectivity index (χ0) is 10.7. The predicted octanol–water partition coefficient (Wildman–Crippen LogP) is -0.924. The maximum absolute atomic E-state index is 11.2. The lowest BCUT2D eigenvalue weighted by Gasteiger charge is -2.21. The van der Waals surface area contributed by atoms with Gasteiger partial charge in [0.15, 0.2) is 5.75 Å². The molecule has 2 N–H and O–H groups in total. The summed E-state index contributed by atoms with van der Waals surface area (Å²) < 4.78 is 5.07. The number of hydrogen-bond acceptors (Lipinski definition) is 5. The summed E-state index contributed by atoms with van der Waals surface area (Å²) in [6, 6.07) is 0. The van der Waals surface area contributed by atoms with Crippen molar-refractivity contribution in [2.75, 3.05) is 31.6 Å². The van der Waals surface area contributed by atoms with Crippen molar-refractivity contribution in [3.05, 3.63) is 20.4 Å². The number of likely N-dealkylation sites (N-methyl/N-ethyl adjacent to an activating group) is 1. The summed E-state index contributed by atoms with van der Waals surface area (Å²) in [5.41, 5.74) is 4.68. The Bertz CT molecular complexity index is 379. The van der Waals surface area contributed by atoms with Crippen molar-refractivity contribution in [1.82, 2.24) is 0 Å². The fraction of sp³-hybridized carbons (Fsp3) is 0.556. The van der Waals surface area contributed by atoms with Crippen LogP contribution in [0, 0.1) is 0 Å². The zero-order valence-corrected chi connectivity index (χ0v) is 8.37. The molecule has 0 saturated carbocycles. The summed E-state index contributed by atoms with van der Waals surface area (Å²) in [7, 11) is 1.71. The molecule has 0 aliphatic carbocycles. The number of hydrogen-bond donors (Lipinski definition) is 1. The van der Waals surface area contributed by atoms with Gasteiger partial charge in [0.2, 0.25) is 0 Å². The van der Waals surface area contributed by atoms with Gasteiger partial charge in [-0.2, -0.15) is 0 Å². The third-order valence-electron chi connectivity index (χ3n) is 1.98. The molecule has 0 aliphatic heterocycles. The molecule has 0 radical (unpaired) electrons. The van der Waals surface area contributed by atoms with Gasteiger partial charge in [-0.1, -0.05) is 0 Å². The Balaban J connectivity index is 2.92. The molecule has 1 rings (SSSR count). The zero-order valence-electron chi connectivity index (χ0n) is 8.37. The molecule has 0 saturated heterocycles. The number of nitrogens with two attached hydrogens (primary N) is 1. The van der Waals surface area contributed by atoms with E-state index in [0.29, 0.717) is 25.4 Å². The molecule has 0 amide bonds. The Kier molecular flexibility index (Phi) is 3.24. The minimum absolute atomic E-state index is 0.174. The molecule has 0 heterocycles. The van der Waals surface area contributed by atoms with Crippen LogP contribution in [0.4, 0.5) is 5.69 Å². The van der Waals surface area contributed by atoms with Crippen molar-refractivity contribution < 1.29 is 4.74 Å². The standard InChI is InChI=1S/C9H14N2O3/c1-3-14-9-6(7(12)8(9)13)11(2)5-4-10/h3-5,10H2,1-2H3. The average Bonchev–Trinajstić information content (AvgIpc) is 2.17. The molecule has 14 heavy (non-hydrogen) atoms. The van der Waals surface area contributed by atoms with Crippen LogP contribution in [0.15, 0.2) is 9.59 Å². The molecule has 1 aromatic carbocycles. The van der Waals surface area contributed by atoms with E-state index in [-0.39, 0.29) is 5.75 Å². The highest BCUT2D eigenvalue weighted by Gasteiger charge is 2.24. The minimum atomic E-state index is -0.536. The second-order valence-electron chi connectivity index (χ2n) is 2.98. The maximum atomic E-state index is 11.2. The van der Waals surface area contributed by atoms with Crippen LogP contribution in [0.3, 0.4) is 0 Å². The highest BCUT2D eigenvalue weighted by Crippen LogP contribution is 2.20. The van der Waals surface area contributed by atoms with E-state index in [1.165, 1.54) is 0 Å². The maximum Gasteiger partial charge on any atom is 0.272 e. The molecule has 0 aliphatic rings. The molecular formula is C9H14N2O3. The molecule has 0 fully saturated rings. The van der Waals surface area contributed by atoms with Gasteiger partial charge in [0.05, 0.1) is 6.61 Å². The SMILES string of the molecule is CCOc1c(N(C)CCN)c(=O)c1=O. The van der Waals surface area contributed by atoms with Crippen molar-refractivity contribution in [2.24, 2.45) is 5.73 Å². The van der Waals surface area contributed by atoms with Crippen molar-refractivity contribution in [2.45, 2.75) is 6.92 Å². The van der Waals surface area contributed by atoms with Crippen LogP contribution >= 0.6 is 0 Å². The van der Waals surface area contributed by atoms with Crippen LogP contribution < -0.4 is 26.2 Å². The lowest BCUT2D eigenvalue weighted by molar-refractivity contribution is 0.333. The molecule has 0 bridgehead atoms. The fourth-order valence-electron chi connectivity index (χ4n) is 1.29. The van der Waals surface area contributed by atoms with Crippen LogP contribution in [0.2, 0.25) is 0 Å². The summed E-state index contributed by atoms with van der Waals surface area (Å²) in [6.45, 7) is 3.11. The molecular weight excluding hydrogens is 184 g/mol. The van der Waals surface area contributed by atoms with Gasteiger partial charge in [0, 0.05) is 20.1 Å². The molecule has 5 nitrogen and oxygen atoms in total. The lowest BCUT2D eigenvalue weighted by Crippen LogP contribution is -2.41. The van der Waals surface area contributed by atoms with E-state index in [2.05, 4.69) is 0 Å². The summed E-state index contributed by atoms with van der Waals surface area (Å²) >= 11 is 0. The largest absolute Gasteiger partial charge is 0.488 e. The van der Waals surface area contributed by atoms with Gasteiger partial charge in [0.25, 0.3) is 10.9 Å². The van der Waals surface area contributed by atoms with Crippen LogP contribution in [0.1, 0.15) is 6.92 Å². The first kappa shape index (κ1) is 10.7. The van der Waals surface area contributed by atoms with Gasteiger partial charge in [0.1, 0.15) is 5.69 Å². The van der Waals surface area contributed by atoms with E-state index in [0.717, 1.165) is 0 Å². The van der Waals surface area contributed by atoms with Crippen molar-refractivity contribution in [1.29, 1.82) is 0 Å². The fourth-order valence-corrected chi connectivity index (χ4v) is 1.29. The second-order valence-corrected chi connectivity index (χ2v) is 2.98. The van der Waals surface area contributed by atoms with Gasteiger partial charge in [-0.25, -0.2) is 0 Å². The van der Waals surface area contributed by atoms with Crippen LogP contribution in [-0.2, 0) is 0 Å². The molecule has 0 atom stereocenters. The first-order valence-electron chi connectivity index (χ1n) is 4.50. The normalized spacial score (nSPS) is 10.5. The minimum Gasteiger partial charge on any atom is -0.488 e. The summed E-state index contributed by atoms with van der Waals surface area (Å²) in [6.07, 6.45) is 0. The molecule has 0 unspecified atom stereocenters. The van der Waals surface area contributed by atoms with Crippen molar-refractivity contribution in [3.63, 3.8) is 0 Å². The van der Waals surface area contributed by atoms with E-state index in [1.807, 2.05) is 0 Å². The Morgan fingerprint density at radius 2 is 2.00 bits per heavy atom. The summed E-state index contributed by atoms with van der Waals surface area (Å²) in [5.74, 6) is 0.174. The number of ether oxygens (including phenoxy) is 1. The van der Waals surface area contributed by atoms with Crippen LogP contribution in [0.5, 0.6) is 5.75 Å². The quantitative estimate of drug-likeness (QED) is 0.619. The van der Waals surface area contributed by atoms with E-state index in [9.17, 15) is 9.59 Å². The Hall–Kier alpha value is -1.36. The molecule has 0 aromatic heterocycles. The van der Waals surface area contributed by atoms with Gasteiger partial charge < -0.3 is 15.4 Å². The Morgan fingerprint density at radius 3 is 2.50 bits per heavy atom. The average molecular weight is 198 g/mol. The summed E-state index contributed by atoms with van der Waals surface area (Å²) in [5, 5.41) is 0. The van der Waals surface area contributed by atoms with E-state index in [4.69, 9.17) is 10.5 Å². The van der Waals surface area contributed by atoms with E-state index >= 15 is 0 Å². The molecule has 78 valence electrons. The van der Waals surface area contributed by atoms with Crippen LogP contribution in [-0.4, -0.2) is 26.7 Å². The number of rotatable bonds is 5. The van der Waals surface area contributed by atoms with E-state index in [1.54, 1.807) is 18.9 Å². The van der Waals surface area contributed by atoms with Crippen molar-refractivity contribution >= 4 is 5.69 Å². The monoisotopic (exact) mass is 198 g/mol. The molecule has 1 aromatic rings. The van der Waals surface area contributed by atoms with Gasteiger partial charge in [-0.15, -0.1) is 0 Å². The smallest absolute Gasteiger partial charge is 0.272 e. The predicted molar refractivity (Wildman–Crippen MR) is 54.8 cm³/mol. The van der Waals surface area contributed by atoms with Crippen molar-refractivity contribution in [3.8, 4) is 5.75 Å². The number of anilines is 1. The Morgan fingerprint density at radius 1 is 1.36 bits per heavy atom. The highest BCUT2D eigenvalue weighted by atomic mass is 16.5.